The molecule has 1 aliphatic rings. The van der Waals surface area contributed by atoms with Gasteiger partial charge in [0.25, 0.3) is 0 Å². The molecule has 0 bridgehead atoms. The Bertz CT molecular complexity index is 1860. The van der Waals surface area contributed by atoms with Crippen LogP contribution in [0.5, 0.6) is 5.75 Å². The van der Waals surface area contributed by atoms with Crippen molar-refractivity contribution in [3.05, 3.63) is 95.3 Å². The van der Waals surface area contributed by atoms with Crippen molar-refractivity contribution in [2.24, 2.45) is 4.99 Å². The van der Waals surface area contributed by atoms with Gasteiger partial charge in [-0.15, -0.1) is 13.2 Å². The van der Waals surface area contributed by atoms with Crippen LogP contribution in [0.3, 0.4) is 0 Å². The van der Waals surface area contributed by atoms with E-state index in [0.717, 1.165) is 40.9 Å². The van der Waals surface area contributed by atoms with Gasteiger partial charge in [0.05, 0.1) is 28.4 Å². The number of amidine groups is 1. The summed E-state index contributed by atoms with van der Waals surface area (Å²) in [6.45, 7) is 3.50. The van der Waals surface area contributed by atoms with Gasteiger partial charge < -0.3 is 10.1 Å². The van der Waals surface area contributed by atoms with E-state index in [4.69, 9.17) is 0 Å². The Kier molecular flexibility index (Phi) is 9.79. The topological polar surface area (TPSA) is 102 Å². The average Bonchev–Trinajstić information content (AvgIpc) is 3.62. The van der Waals surface area contributed by atoms with Crippen molar-refractivity contribution in [1.29, 1.82) is 0 Å². The molecule has 4 aromatic rings. The number of urea groups is 1. The molecule has 3 amide bonds. The first-order chi connectivity index (χ1) is 22.6. The lowest BCUT2D eigenvalue weighted by atomic mass is 9.98. The van der Waals surface area contributed by atoms with Crippen molar-refractivity contribution in [2.45, 2.75) is 45.1 Å². The van der Waals surface area contributed by atoms with Gasteiger partial charge in [0.1, 0.15) is 17.9 Å². The lowest BCUT2D eigenvalue weighted by molar-refractivity contribution is -0.274. The van der Waals surface area contributed by atoms with Crippen LogP contribution in [0.25, 0.3) is 5.69 Å². The molecule has 0 spiro atoms. The van der Waals surface area contributed by atoms with Gasteiger partial charge >= 0.3 is 18.6 Å². The molecule has 0 aliphatic carbocycles. The molecular weight excluding hydrogens is 669 g/mol. The highest BCUT2D eigenvalue weighted by Gasteiger charge is 2.36. The number of alkyl halides is 6. The molecule has 2 heterocycles. The van der Waals surface area contributed by atoms with Gasteiger partial charge in [-0.05, 0) is 72.0 Å². The van der Waals surface area contributed by atoms with Gasteiger partial charge in [-0.3, -0.25) is 9.69 Å². The highest BCUT2D eigenvalue weighted by molar-refractivity contribution is 8.15. The fourth-order valence-electron chi connectivity index (χ4n) is 4.72. The normalized spacial score (nSPS) is 14.7. The first kappa shape index (κ1) is 34.4. The Morgan fingerprint density at radius 3 is 2.40 bits per heavy atom. The van der Waals surface area contributed by atoms with Crippen LogP contribution in [0.4, 0.5) is 46.9 Å². The number of aromatic nitrogens is 3. The van der Waals surface area contributed by atoms with Crippen LogP contribution in [0, 0.1) is 5.82 Å². The average molecular weight is 695 g/mol. The van der Waals surface area contributed by atoms with Crippen molar-refractivity contribution in [3.8, 4) is 11.4 Å². The molecule has 5 rings (SSSR count). The maximum atomic E-state index is 15.0. The zero-order chi connectivity index (χ0) is 34.8. The molecule has 0 unspecified atom stereocenters. The Morgan fingerprint density at radius 1 is 1.02 bits per heavy atom. The Morgan fingerprint density at radius 2 is 1.75 bits per heavy atom. The monoisotopic (exact) mass is 694 g/mol. The van der Waals surface area contributed by atoms with Gasteiger partial charge in [0.2, 0.25) is 5.91 Å². The summed E-state index contributed by atoms with van der Waals surface area (Å²) in [5.74, 6) is -1.75. The van der Waals surface area contributed by atoms with Crippen LogP contribution in [-0.2, 0) is 23.8 Å². The second-order valence-electron chi connectivity index (χ2n) is 10.7. The molecule has 17 heteroatoms. The minimum absolute atomic E-state index is 0.0373. The third-order valence-corrected chi connectivity index (χ3v) is 7.89. The molecule has 9 nitrogen and oxygen atoms in total. The fourth-order valence-corrected chi connectivity index (χ4v) is 5.58. The van der Waals surface area contributed by atoms with Crippen LogP contribution in [0.1, 0.15) is 42.3 Å². The third kappa shape index (κ3) is 8.31. The summed E-state index contributed by atoms with van der Waals surface area (Å²) >= 11 is 0.870. The summed E-state index contributed by atoms with van der Waals surface area (Å²) in [7, 11) is 0. The Hall–Kier alpha value is -4.93. The lowest BCUT2D eigenvalue weighted by Gasteiger charge is -2.23. The van der Waals surface area contributed by atoms with Crippen molar-refractivity contribution in [2.75, 3.05) is 16.0 Å². The van der Waals surface area contributed by atoms with Crippen molar-refractivity contribution in [1.82, 2.24) is 14.8 Å². The molecule has 1 aromatic heterocycles. The third-order valence-electron chi connectivity index (χ3n) is 6.97. The van der Waals surface area contributed by atoms with Crippen LogP contribution in [0.2, 0.25) is 0 Å². The first-order valence-corrected chi connectivity index (χ1v) is 15.2. The lowest BCUT2D eigenvalue weighted by Crippen LogP contribution is -2.31. The van der Waals surface area contributed by atoms with Crippen LogP contribution >= 0.6 is 11.8 Å². The molecule has 0 radical (unpaired) electrons. The van der Waals surface area contributed by atoms with Gasteiger partial charge in [-0.2, -0.15) is 23.3 Å². The molecule has 1 fully saturated rings. The minimum atomic E-state index is -4.81. The molecule has 0 saturated carbocycles. The highest BCUT2D eigenvalue weighted by atomic mass is 32.2. The summed E-state index contributed by atoms with van der Waals surface area (Å²) in [6, 6.07) is 11.1. The molecule has 3 aromatic carbocycles. The number of thioether (sulfide) groups is 1. The Labute approximate surface area is 272 Å². The number of hydrogen-bond acceptors (Lipinski definition) is 6. The number of benzene rings is 3. The van der Waals surface area contributed by atoms with Crippen molar-refractivity contribution in [3.63, 3.8) is 0 Å². The summed E-state index contributed by atoms with van der Waals surface area (Å²) in [5.41, 5.74) is 0.215. The van der Waals surface area contributed by atoms with Crippen LogP contribution in [0.15, 0.2) is 72.0 Å². The van der Waals surface area contributed by atoms with Gasteiger partial charge in [-0.1, -0.05) is 37.7 Å². The summed E-state index contributed by atoms with van der Waals surface area (Å²) < 4.78 is 97.7. The van der Waals surface area contributed by atoms with Crippen LogP contribution < -0.4 is 15.0 Å². The number of nitrogens with zero attached hydrogens (tertiary/aromatic N) is 5. The maximum Gasteiger partial charge on any atom is 0.573 e. The molecule has 252 valence electrons. The first-order valence-electron chi connectivity index (χ1n) is 14.2. The number of anilines is 2. The minimum Gasteiger partial charge on any atom is -0.406 e. The standard InChI is InChI=1S/C31H25F7N6O3S/c1-17(2)22-10-5-19(30(33,34)35)14-25(22)44-27(45)15-48-29(44)41-28(46)40-24-11-3-18(13-23(24)32)4-12-26-39-16-43(42-26)20-6-8-21(9-7-20)47-31(36,37)38/h3,5-11,13-14,16-17H,4,12,15H2,1-2H3,(H,40,46)/b41-29-. The zero-order valence-electron chi connectivity index (χ0n) is 25.1. The molecule has 48 heavy (non-hydrogen) atoms. The number of ether oxygens (including phenoxy) is 1. The van der Waals surface area contributed by atoms with E-state index in [1.165, 1.54) is 41.3 Å². The van der Waals surface area contributed by atoms with E-state index in [2.05, 4.69) is 25.1 Å². The molecule has 1 aliphatic heterocycles. The second kappa shape index (κ2) is 13.7. The van der Waals surface area contributed by atoms with E-state index in [1.807, 2.05) is 0 Å². The largest absolute Gasteiger partial charge is 0.573 e. The number of halogens is 7. The number of aryl methyl sites for hydroxylation is 2. The summed E-state index contributed by atoms with van der Waals surface area (Å²) in [5, 5.41) is 6.44. The maximum absolute atomic E-state index is 15.0. The Balaban J connectivity index is 1.24. The zero-order valence-corrected chi connectivity index (χ0v) is 25.9. The number of carbonyl (C=O) groups is 2. The van der Waals surface area contributed by atoms with E-state index in [9.17, 15) is 40.3 Å². The number of nitrogens with one attached hydrogen (secondary N) is 1. The SMILES string of the molecule is CC(C)c1ccc(C(F)(F)F)cc1N1C(=O)CS/C1=N\C(=O)Nc1ccc(CCc2ncn(-c3ccc(OC(F)(F)F)cc3)n2)cc1F. The summed E-state index contributed by atoms with van der Waals surface area (Å²) in [4.78, 5) is 34.5. The number of aliphatic imine (C=N–C) groups is 1. The van der Waals surface area contributed by atoms with Crippen molar-refractivity contribution >= 4 is 40.2 Å². The van der Waals surface area contributed by atoms with Gasteiger partial charge in [0.15, 0.2) is 11.0 Å². The molecular formula is C31H25F7N6O3S. The van der Waals surface area contributed by atoms with Crippen molar-refractivity contribution < 1.29 is 45.1 Å². The van der Waals surface area contributed by atoms with Gasteiger partial charge in [-0.25, -0.2) is 18.9 Å². The number of rotatable bonds is 8. The number of carbonyl (C=O) groups excluding carboxylic acids is 2. The number of hydrogen-bond donors (Lipinski definition) is 1. The predicted molar refractivity (Wildman–Crippen MR) is 164 cm³/mol. The van der Waals surface area contributed by atoms with E-state index in [-0.39, 0.29) is 40.4 Å². The van der Waals surface area contributed by atoms with E-state index >= 15 is 0 Å². The number of amides is 3. The second-order valence-corrected chi connectivity index (χ2v) is 11.7. The molecule has 1 N–H and O–H groups in total. The molecule has 0 atom stereocenters. The van der Waals surface area contributed by atoms with E-state index in [1.54, 1.807) is 19.9 Å². The van der Waals surface area contributed by atoms with Gasteiger partial charge in [0, 0.05) is 6.42 Å². The van der Waals surface area contributed by atoms with E-state index in [0.29, 0.717) is 29.1 Å². The fraction of sp³-hybridized carbons (Fsp3) is 0.258. The highest BCUT2D eigenvalue weighted by Crippen LogP contribution is 2.38. The quantitative estimate of drug-likeness (QED) is 0.188. The molecule has 1 saturated heterocycles. The summed E-state index contributed by atoms with van der Waals surface area (Å²) in [6.07, 6.45) is -7.50. The smallest absolute Gasteiger partial charge is 0.406 e. The van der Waals surface area contributed by atoms with E-state index < -0.39 is 35.9 Å². The van der Waals surface area contributed by atoms with Crippen LogP contribution in [-0.4, -0.2) is 44.0 Å². The predicted octanol–water partition coefficient (Wildman–Crippen LogP) is 7.90.